The molecule has 1 fully saturated rings. The molecule has 6 nitrogen and oxygen atoms in total. The molecule has 3 heterocycles. The van der Waals surface area contributed by atoms with Gasteiger partial charge in [-0.1, -0.05) is 0 Å². The SMILES string of the molecule is Cc1cnc(C(=O)N2CCC(CN(C)c3cc(C(F)(F)F)ccn3)CC2)cn1. The Labute approximate surface area is 161 Å². The Bertz CT molecular complexity index is 817. The van der Waals surface area contributed by atoms with Gasteiger partial charge in [-0.3, -0.25) is 9.78 Å². The van der Waals surface area contributed by atoms with Crippen LogP contribution in [0.3, 0.4) is 0 Å². The average Bonchev–Trinajstić information content (AvgIpc) is 2.68. The molecule has 28 heavy (non-hydrogen) atoms. The lowest BCUT2D eigenvalue weighted by Crippen LogP contribution is -2.41. The largest absolute Gasteiger partial charge is 0.416 e. The molecule has 1 amide bonds. The van der Waals surface area contributed by atoms with Crippen molar-refractivity contribution in [3.63, 3.8) is 0 Å². The molecule has 0 N–H and O–H groups in total. The lowest BCUT2D eigenvalue weighted by atomic mass is 9.96. The third kappa shape index (κ3) is 4.76. The second-order valence-electron chi connectivity index (χ2n) is 7.06. The van der Waals surface area contributed by atoms with E-state index in [9.17, 15) is 18.0 Å². The first-order valence-electron chi connectivity index (χ1n) is 9.06. The minimum atomic E-state index is -4.39. The number of aryl methyl sites for hydroxylation is 1. The average molecular weight is 393 g/mol. The number of carbonyl (C=O) groups is 1. The highest BCUT2D eigenvalue weighted by Crippen LogP contribution is 2.31. The molecule has 0 radical (unpaired) electrons. The number of alkyl halides is 3. The molecule has 1 saturated heterocycles. The Balaban J connectivity index is 1.55. The Morgan fingerprint density at radius 1 is 1.21 bits per heavy atom. The predicted molar refractivity (Wildman–Crippen MR) is 97.9 cm³/mol. The number of likely N-dealkylation sites (tertiary alicyclic amines) is 1. The molecule has 2 aromatic rings. The maximum absolute atomic E-state index is 12.9. The summed E-state index contributed by atoms with van der Waals surface area (Å²) in [6, 6.07) is 2.03. The van der Waals surface area contributed by atoms with E-state index in [1.165, 1.54) is 12.4 Å². The summed E-state index contributed by atoms with van der Waals surface area (Å²) < 4.78 is 38.6. The van der Waals surface area contributed by atoms with Crippen molar-refractivity contribution < 1.29 is 18.0 Å². The topological polar surface area (TPSA) is 62.2 Å². The maximum Gasteiger partial charge on any atom is 0.416 e. The van der Waals surface area contributed by atoms with Crippen LogP contribution in [0.4, 0.5) is 19.0 Å². The van der Waals surface area contributed by atoms with Crippen LogP contribution in [-0.2, 0) is 6.18 Å². The fourth-order valence-corrected chi connectivity index (χ4v) is 3.27. The van der Waals surface area contributed by atoms with Gasteiger partial charge in [-0.2, -0.15) is 13.2 Å². The van der Waals surface area contributed by atoms with Crippen LogP contribution in [0.5, 0.6) is 0 Å². The van der Waals surface area contributed by atoms with Gasteiger partial charge in [-0.25, -0.2) is 9.97 Å². The Kier molecular flexibility index (Phi) is 5.81. The van der Waals surface area contributed by atoms with Gasteiger partial charge in [0.15, 0.2) is 0 Å². The van der Waals surface area contributed by atoms with Gasteiger partial charge in [0, 0.05) is 39.1 Å². The number of nitrogens with zero attached hydrogens (tertiary/aromatic N) is 5. The number of amides is 1. The van der Waals surface area contributed by atoms with E-state index in [1.54, 1.807) is 23.0 Å². The molecular weight excluding hydrogens is 371 g/mol. The van der Waals surface area contributed by atoms with Crippen molar-refractivity contribution in [3.8, 4) is 0 Å². The molecule has 150 valence electrons. The summed E-state index contributed by atoms with van der Waals surface area (Å²) in [4.78, 5) is 28.3. The van der Waals surface area contributed by atoms with Crippen LogP contribution >= 0.6 is 0 Å². The molecule has 1 aliphatic rings. The quantitative estimate of drug-likeness (QED) is 0.798. The van der Waals surface area contributed by atoms with Crippen molar-refractivity contribution in [1.29, 1.82) is 0 Å². The van der Waals surface area contributed by atoms with E-state index in [-0.39, 0.29) is 11.8 Å². The van der Waals surface area contributed by atoms with Gasteiger partial charge in [-0.05, 0) is 37.8 Å². The van der Waals surface area contributed by atoms with E-state index in [0.717, 1.165) is 30.7 Å². The lowest BCUT2D eigenvalue weighted by molar-refractivity contribution is -0.137. The molecule has 0 spiro atoms. The summed E-state index contributed by atoms with van der Waals surface area (Å²) in [5, 5.41) is 0. The molecule has 9 heteroatoms. The number of hydrogen-bond acceptors (Lipinski definition) is 5. The smallest absolute Gasteiger partial charge is 0.359 e. The fraction of sp³-hybridized carbons (Fsp3) is 0.474. The highest BCUT2D eigenvalue weighted by Gasteiger charge is 2.31. The predicted octanol–water partition coefficient (Wildman–Crippen LogP) is 3.19. The van der Waals surface area contributed by atoms with E-state index in [4.69, 9.17) is 0 Å². The van der Waals surface area contributed by atoms with E-state index in [2.05, 4.69) is 15.0 Å². The summed E-state index contributed by atoms with van der Waals surface area (Å²) in [5.41, 5.74) is 0.375. The number of aromatic nitrogens is 3. The minimum absolute atomic E-state index is 0.140. The Hall–Kier alpha value is -2.71. The minimum Gasteiger partial charge on any atom is -0.359 e. The number of piperidine rings is 1. The Morgan fingerprint density at radius 2 is 1.93 bits per heavy atom. The third-order valence-electron chi connectivity index (χ3n) is 4.90. The molecular formula is C19H22F3N5O. The van der Waals surface area contributed by atoms with Crippen LogP contribution < -0.4 is 4.90 Å². The van der Waals surface area contributed by atoms with Crippen LogP contribution in [0, 0.1) is 12.8 Å². The second-order valence-corrected chi connectivity index (χ2v) is 7.06. The van der Waals surface area contributed by atoms with Gasteiger partial charge in [0.25, 0.3) is 5.91 Å². The molecule has 1 aliphatic heterocycles. The van der Waals surface area contributed by atoms with Crippen molar-refractivity contribution >= 4 is 11.7 Å². The molecule has 2 aromatic heterocycles. The van der Waals surface area contributed by atoms with E-state index in [1.807, 2.05) is 6.92 Å². The zero-order valence-corrected chi connectivity index (χ0v) is 15.8. The van der Waals surface area contributed by atoms with Gasteiger partial charge in [-0.15, -0.1) is 0 Å². The molecule has 0 aliphatic carbocycles. The van der Waals surface area contributed by atoms with Crippen LogP contribution in [0.15, 0.2) is 30.7 Å². The van der Waals surface area contributed by atoms with Gasteiger partial charge in [0.05, 0.1) is 17.5 Å². The molecule has 0 saturated carbocycles. The van der Waals surface area contributed by atoms with Gasteiger partial charge >= 0.3 is 6.18 Å². The highest BCUT2D eigenvalue weighted by molar-refractivity contribution is 5.92. The first kappa shape index (κ1) is 20.0. The monoisotopic (exact) mass is 393 g/mol. The Morgan fingerprint density at radius 3 is 2.54 bits per heavy atom. The molecule has 0 bridgehead atoms. The number of carbonyl (C=O) groups excluding carboxylic acids is 1. The zero-order valence-electron chi connectivity index (χ0n) is 15.8. The third-order valence-corrected chi connectivity index (χ3v) is 4.90. The molecule has 0 atom stereocenters. The summed E-state index contributed by atoms with van der Waals surface area (Å²) in [6.07, 6.45) is 1.39. The van der Waals surface area contributed by atoms with Gasteiger partial charge in [0.1, 0.15) is 11.5 Å². The molecule has 0 aromatic carbocycles. The lowest BCUT2D eigenvalue weighted by Gasteiger charge is -2.34. The van der Waals surface area contributed by atoms with Gasteiger partial charge < -0.3 is 9.80 Å². The standard InChI is InChI=1S/C19H22F3N5O/c1-13-10-25-16(11-24-13)18(28)27-7-4-14(5-8-27)12-26(2)17-9-15(3-6-23-17)19(20,21)22/h3,6,9-11,14H,4-5,7-8,12H2,1-2H3. The molecule has 0 unspecified atom stereocenters. The number of hydrogen-bond donors (Lipinski definition) is 0. The van der Waals surface area contributed by atoms with Crippen LogP contribution in [0.25, 0.3) is 0 Å². The summed E-state index contributed by atoms with van der Waals surface area (Å²) in [5.74, 6) is 0.427. The first-order chi connectivity index (χ1) is 13.2. The van der Waals surface area contributed by atoms with Crippen LogP contribution in [0.1, 0.15) is 34.6 Å². The van der Waals surface area contributed by atoms with Crippen LogP contribution in [0.2, 0.25) is 0 Å². The fourth-order valence-electron chi connectivity index (χ4n) is 3.27. The van der Waals surface area contributed by atoms with E-state index >= 15 is 0 Å². The zero-order chi connectivity index (χ0) is 20.3. The van der Waals surface area contributed by atoms with E-state index in [0.29, 0.717) is 31.1 Å². The summed E-state index contributed by atoms with van der Waals surface area (Å²) in [7, 11) is 1.74. The maximum atomic E-state index is 12.9. The van der Waals surface area contributed by atoms with Crippen molar-refractivity contribution in [3.05, 3.63) is 47.7 Å². The van der Waals surface area contributed by atoms with E-state index < -0.39 is 11.7 Å². The van der Waals surface area contributed by atoms with Crippen molar-refractivity contribution in [2.45, 2.75) is 25.9 Å². The summed E-state index contributed by atoms with van der Waals surface area (Å²) in [6.45, 7) is 3.56. The van der Waals surface area contributed by atoms with Crippen molar-refractivity contribution in [2.24, 2.45) is 5.92 Å². The number of anilines is 1. The summed E-state index contributed by atoms with van der Waals surface area (Å²) >= 11 is 0. The van der Waals surface area contributed by atoms with Crippen molar-refractivity contribution in [2.75, 3.05) is 31.6 Å². The highest BCUT2D eigenvalue weighted by atomic mass is 19.4. The second kappa shape index (κ2) is 8.12. The normalized spacial score (nSPS) is 15.5. The molecule has 3 rings (SSSR count). The number of pyridine rings is 1. The first-order valence-corrected chi connectivity index (χ1v) is 9.06. The number of rotatable bonds is 4. The number of halogens is 3. The van der Waals surface area contributed by atoms with Crippen molar-refractivity contribution in [1.82, 2.24) is 19.9 Å². The van der Waals surface area contributed by atoms with Crippen LogP contribution in [-0.4, -0.2) is 52.4 Å². The van der Waals surface area contributed by atoms with Gasteiger partial charge in [0.2, 0.25) is 0 Å².